The quantitative estimate of drug-likeness (QED) is 0.468. The van der Waals surface area contributed by atoms with E-state index in [0.29, 0.717) is 23.5 Å². The lowest BCUT2D eigenvalue weighted by Gasteiger charge is -2.40. The van der Waals surface area contributed by atoms with Gasteiger partial charge in [0.2, 0.25) is 0 Å². The summed E-state index contributed by atoms with van der Waals surface area (Å²) in [5.74, 6) is 1.39. The van der Waals surface area contributed by atoms with Crippen molar-refractivity contribution in [2.45, 2.75) is 43.9 Å². The van der Waals surface area contributed by atoms with E-state index in [4.69, 9.17) is 9.47 Å². The van der Waals surface area contributed by atoms with E-state index < -0.39 is 37.1 Å². The third kappa shape index (κ3) is 4.82. The van der Waals surface area contributed by atoms with Crippen LogP contribution in [0.4, 0.5) is 0 Å². The highest BCUT2D eigenvalue weighted by Gasteiger charge is 2.43. The van der Waals surface area contributed by atoms with Gasteiger partial charge in [-0.05, 0) is 59.9 Å². The second kappa shape index (κ2) is 9.77. The molecule has 1 aromatic heterocycles. The minimum Gasteiger partial charge on any atom is -0.456 e. The van der Waals surface area contributed by atoms with E-state index in [9.17, 15) is 20.4 Å². The second-order valence-electron chi connectivity index (χ2n) is 8.05. The minimum absolute atomic E-state index is 0.451. The normalized spacial score (nSPS) is 25.5. The maximum atomic E-state index is 10.4. The molecule has 0 saturated carbocycles. The van der Waals surface area contributed by atoms with Crippen LogP contribution in [0.25, 0.3) is 0 Å². The van der Waals surface area contributed by atoms with Crippen LogP contribution in [0.3, 0.4) is 0 Å². The summed E-state index contributed by atoms with van der Waals surface area (Å²) in [6.07, 6.45) is -1.85. The SMILES string of the molecule is Cc1ccc([C@@H]2O[C@H](CO)[C@@H](O)[C@H](O)[C@H]2O)cc1Cc1ccc(Oc2cccnc2)cc1. The maximum absolute atomic E-state index is 10.4. The van der Waals surface area contributed by atoms with Gasteiger partial charge in [-0.1, -0.05) is 30.3 Å². The number of benzene rings is 2. The van der Waals surface area contributed by atoms with E-state index in [2.05, 4.69) is 4.98 Å². The van der Waals surface area contributed by atoms with Crippen LogP contribution in [0.2, 0.25) is 0 Å². The average molecular weight is 437 g/mol. The van der Waals surface area contributed by atoms with E-state index in [1.165, 1.54) is 0 Å². The van der Waals surface area contributed by atoms with Crippen molar-refractivity contribution in [1.29, 1.82) is 0 Å². The average Bonchev–Trinajstić information content (AvgIpc) is 2.81. The van der Waals surface area contributed by atoms with Crippen molar-refractivity contribution in [3.63, 3.8) is 0 Å². The van der Waals surface area contributed by atoms with Crippen molar-refractivity contribution < 1.29 is 29.9 Å². The largest absolute Gasteiger partial charge is 0.456 e. The van der Waals surface area contributed by atoms with Crippen molar-refractivity contribution in [2.24, 2.45) is 0 Å². The Morgan fingerprint density at radius 2 is 1.72 bits per heavy atom. The summed E-state index contributed by atoms with van der Waals surface area (Å²) >= 11 is 0. The number of aliphatic hydroxyl groups excluding tert-OH is 4. The number of ether oxygens (including phenoxy) is 2. The number of hydrogen-bond donors (Lipinski definition) is 4. The molecule has 0 radical (unpaired) electrons. The fourth-order valence-corrected chi connectivity index (χ4v) is 3.87. The fraction of sp³-hybridized carbons (Fsp3) is 0.320. The lowest BCUT2D eigenvalue weighted by Crippen LogP contribution is -2.55. The molecular weight excluding hydrogens is 410 g/mol. The summed E-state index contributed by atoms with van der Waals surface area (Å²) in [7, 11) is 0. The molecule has 168 valence electrons. The van der Waals surface area contributed by atoms with Gasteiger partial charge in [0, 0.05) is 6.20 Å². The molecule has 1 aliphatic rings. The van der Waals surface area contributed by atoms with E-state index in [-0.39, 0.29) is 0 Å². The molecule has 0 unspecified atom stereocenters. The van der Waals surface area contributed by atoms with Gasteiger partial charge in [0.15, 0.2) is 0 Å². The predicted molar refractivity (Wildman–Crippen MR) is 117 cm³/mol. The minimum atomic E-state index is -1.40. The Morgan fingerprint density at radius 3 is 2.41 bits per heavy atom. The molecule has 3 aromatic rings. The first-order valence-electron chi connectivity index (χ1n) is 10.5. The molecule has 1 aliphatic heterocycles. The Bertz CT molecular complexity index is 1020. The molecule has 0 amide bonds. The molecule has 4 N–H and O–H groups in total. The van der Waals surface area contributed by atoms with Crippen molar-refractivity contribution in [3.05, 3.63) is 89.2 Å². The number of aliphatic hydroxyl groups is 4. The van der Waals surface area contributed by atoms with Crippen molar-refractivity contribution in [2.75, 3.05) is 6.61 Å². The van der Waals surface area contributed by atoms with Crippen molar-refractivity contribution in [1.82, 2.24) is 4.98 Å². The van der Waals surface area contributed by atoms with Crippen LogP contribution in [0.5, 0.6) is 11.5 Å². The highest BCUT2D eigenvalue weighted by Crippen LogP contribution is 2.33. The molecule has 5 atom stereocenters. The van der Waals surface area contributed by atoms with E-state index in [1.54, 1.807) is 12.4 Å². The highest BCUT2D eigenvalue weighted by molar-refractivity contribution is 5.39. The van der Waals surface area contributed by atoms with Gasteiger partial charge in [0.1, 0.15) is 42.0 Å². The third-order valence-electron chi connectivity index (χ3n) is 5.78. The first kappa shape index (κ1) is 22.4. The van der Waals surface area contributed by atoms with Crippen molar-refractivity contribution >= 4 is 0 Å². The summed E-state index contributed by atoms with van der Waals surface area (Å²) in [5.41, 5.74) is 3.88. The van der Waals surface area contributed by atoms with Gasteiger partial charge in [0.05, 0.1) is 12.8 Å². The summed E-state index contributed by atoms with van der Waals surface area (Å²) in [5, 5.41) is 40.0. The van der Waals surface area contributed by atoms with Crippen LogP contribution in [0, 0.1) is 6.92 Å². The third-order valence-corrected chi connectivity index (χ3v) is 5.78. The molecule has 7 heteroatoms. The zero-order chi connectivity index (χ0) is 22.7. The number of hydrogen-bond acceptors (Lipinski definition) is 7. The van der Waals surface area contributed by atoms with Crippen LogP contribution < -0.4 is 4.74 Å². The van der Waals surface area contributed by atoms with Gasteiger partial charge in [-0.25, -0.2) is 0 Å². The number of aryl methyl sites for hydroxylation is 1. The number of aromatic nitrogens is 1. The summed E-state index contributed by atoms with van der Waals surface area (Å²) in [6.45, 7) is 1.56. The lowest BCUT2D eigenvalue weighted by atomic mass is 9.89. The van der Waals surface area contributed by atoms with Gasteiger partial charge in [0.25, 0.3) is 0 Å². The van der Waals surface area contributed by atoms with Gasteiger partial charge in [-0.2, -0.15) is 0 Å². The van der Waals surface area contributed by atoms with Crippen LogP contribution in [0.15, 0.2) is 67.0 Å². The van der Waals surface area contributed by atoms with Crippen molar-refractivity contribution in [3.8, 4) is 11.5 Å². The number of nitrogens with zero attached hydrogens (tertiary/aromatic N) is 1. The van der Waals surface area contributed by atoms with Crippen LogP contribution in [-0.4, -0.2) is 56.4 Å². The maximum Gasteiger partial charge on any atom is 0.145 e. The van der Waals surface area contributed by atoms with Crippen LogP contribution >= 0.6 is 0 Å². The summed E-state index contributed by atoms with van der Waals surface area (Å²) in [6, 6.07) is 17.1. The van der Waals surface area contributed by atoms with E-state index in [0.717, 1.165) is 16.7 Å². The molecule has 0 spiro atoms. The first-order valence-corrected chi connectivity index (χ1v) is 10.5. The van der Waals surface area contributed by atoms with E-state index in [1.807, 2.05) is 61.5 Å². The molecule has 0 aliphatic carbocycles. The monoisotopic (exact) mass is 437 g/mol. The van der Waals surface area contributed by atoms with Gasteiger partial charge in [-0.15, -0.1) is 0 Å². The number of pyridine rings is 1. The molecule has 2 heterocycles. The zero-order valence-electron chi connectivity index (χ0n) is 17.7. The molecule has 1 saturated heterocycles. The molecule has 0 bridgehead atoms. The second-order valence-corrected chi connectivity index (χ2v) is 8.05. The van der Waals surface area contributed by atoms with E-state index >= 15 is 0 Å². The first-order chi connectivity index (χ1) is 15.5. The van der Waals surface area contributed by atoms with Gasteiger partial charge < -0.3 is 29.9 Å². The Morgan fingerprint density at radius 1 is 0.938 bits per heavy atom. The zero-order valence-corrected chi connectivity index (χ0v) is 17.7. The molecule has 2 aromatic carbocycles. The molecule has 32 heavy (non-hydrogen) atoms. The molecular formula is C25H27NO6. The smallest absolute Gasteiger partial charge is 0.145 e. The molecule has 4 rings (SSSR count). The molecule has 7 nitrogen and oxygen atoms in total. The Labute approximate surface area is 186 Å². The molecule has 1 fully saturated rings. The summed E-state index contributed by atoms with van der Waals surface area (Å²) < 4.78 is 11.5. The van der Waals surface area contributed by atoms with Gasteiger partial charge >= 0.3 is 0 Å². The summed E-state index contributed by atoms with van der Waals surface area (Å²) in [4.78, 5) is 4.04. The highest BCUT2D eigenvalue weighted by atomic mass is 16.5. The number of rotatable bonds is 6. The Balaban J connectivity index is 1.50. The topological polar surface area (TPSA) is 112 Å². The Kier molecular flexibility index (Phi) is 6.83. The van der Waals surface area contributed by atoms with Gasteiger partial charge in [-0.3, -0.25) is 4.98 Å². The Hall–Kier alpha value is -2.81. The van der Waals surface area contributed by atoms with Crippen LogP contribution in [0.1, 0.15) is 28.4 Å². The fourth-order valence-electron chi connectivity index (χ4n) is 3.87. The lowest BCUT2D eigenvalue weighted by molar-refractivity contribution is -0.231. The predicted octanol–water partition coefficient (Wildman–Crippen LogP) is 2.29. The standard InChI is InChI=1S/C25H27NO6/c1-15-4-7-17(25-24(30)23(29)22(28)21(14-27)32-25)12-18(15)11-16-5-8-19(9-6-16)31-20-3-2-10-26-13-20/h2-10,12-13,21-25,27-30H,11,14H2,1H3/t21-,22-,23+,24-,25+/m1/s1. The van der Waals surface area contributed by atoms with Crippen LogP contribution in [-0.2, 0) is 11.2 Å².